The molecular weight excluding hydrogens is 637 g/mol. The molecule has 47 heavy (non-hydrogen) atoms. The first-order valence-corrected chi connectivity index (χ1v) is 17.9. The van der Waals surface area contributed by atoms with Crippen molar-refractivity contribution in [2.24, 2.45) is 0 Å². The molecule has 6 aromatic rings. The molecule has 0 bridgehead atoms. The third-order valence-electron chi connectivity index (χ3n) is 9.48. The third-order valence-corrected chi connectivity index (χ3v) is 13.3. The molecule has 3 heterocycles. The highest BCUT2D eigenvalue weighted by Crippen LogP contribution is 2.66. The van der Waals surface area contributed by atoms with Crippen molar-refractivity contribution in [2.45, 2.75) is 38.5 Å². The Hall–Kier alpha value is -4.74. The number of thiophene rings is 3. The van der Waals surface area contributed by atoms with Crippen LogP contribution in [0.2, 0.25) is 0 Å². The lowest BCUT2D eigenvalue weighted by atomic mass is 9.74. The van der Waals surface area contributed by atoms with E-state index < -0.39 is 5.97 Å². The van der Waals surface area contributed by atoms with E-state index in [4.69, 9.17) is 0 Å². The fourth-order valence-corrected chi connectivity index (χ4v) is 11.7. The van der Waals surface area contributed by atoms with Gasteiger partial charge in [0, 0.05) is 57.2 Å². The summed E-state index contributed by atoms with van der Waals surface area (Å²) < 4.78 is 0. The number of benzene rings is 3. The van der Waals surface area contributed by atoms with Crippen molar-refractivity contribution in [1.82, 2.24) is 0 Å². The number of nitrogens with zero attached hydrogens (tertiary/aromatic N) is 2. The van der Waals surface area contributed by atoms with Gasteiger partial charge >= 0.3 is 5.97 Å². The molecule has 0 saturated heterocycles. The van der Waals surface area contributed by atoms with E-state index in [1.807, 2.05) is 40.9 Å². The lowest BCUT2D eigenvalue weighted by molar-refractivity contribution is -0.132. The molecule has 2 aliphatic rings. The fourth-order valence-electron chi connectivity index (χ4n) is 7.15. The number of carbonyl (C=O) groups is 1. The maximum Gasteiger partial charge on any atom is 0.346 e. The highest BCUT2D eigenvalue weighted by atomic mass is 32.1. The molecule has 1 N–H and O–H groups in total. The molecule has 230 valence electrons. The lowest BCUT2D eigenvalue weighted by Crippen LogP contribution is -2.23. The van der Waals surface area contributed by atoms with Crippen LogP contribution in [0, 0.1) is 11.3 Å². The second-order valence-electron chi connectivity index (χ2n) is 13.0. The van der Waals surface area contributed by atoms with E-state index in [2.05, 4.69) is 118 Å². The largest absolute Gasteiger partial charge is 0.477 e. The molecule has 8 rings (SSSR count). The normalized spacial score (nSPS) is 15.0. The number of fused-ring (bicyclic) bond motifs is 7. The summed E-state index contributed by atoms with van der Waals surface area (Å²) in [5, 5.41) is 18.7. The predicted octanol–water partition coefficient (Wildman–Crippen LogP) is 11.6. The first kappa shape index (κ1) is 29.6. The zero-order chi connectivity index (χ0) is 32.7. The fraction of sp³-hybridized carbons (Fsp3) is 0.150. The van der Waals surface area contributed by atoms with Crippen LogP contribution in [0.4, 0.5) is 17.1 Å². The number of carboxylic acid groups (broad SMARTS) is 1. The molecule has 2 aliphatic carbocycles. The number of rotatable bonds is 6. The molecule has 7 heteroatoms. The van der Waals surface area contributed by atoms with Gasteiger partial charge in [-0.2, -0.15) is 5.26 Å². The summed E-state index contributed by atoms with van der Waals surface area (Å²) >= 11 is 5.33. The van der Waals surface area contributed by atoms with Gasteiger partial charge in [-0.25, -0.2) is 4.79 Å². The van der Waals surface area contributed by atoms with Crippen LogP contribution in [0.15, 0.2) is 103 Å². The Labute approximate surface area is 286 Å². The summed E-state index contributed by atoms with van der Waals surface area (Å²) in [5.41, 5.74) is 9.37. The monoisotopic (exact) mass is 666 g/mol. The van der Waals surface area contributed by atoms with E-state index in [1.54, 1.807) is 11.3 Å². The Kier molecular flexibility index (Phi) is 6.72. The van der Waals surface area contributed by atoms with Gasteiger partial charge in [-0.05, 0) is 82.4 Å². The highest BCUT2D eigenvalue weighted by molar-refractivity contribution is 7.28. The molecule has 0 amide bonds. The average molecular weight is 667 g/mol. The van der Waals surface area contributed by atoms with Crippen LogP contribution >= 0.6 is 34.0 Å². The SMILES string of the molecule is CC1(C)c2cc(/C=C(/C#N)C(=O)O)sc2-c2sc3c(c21)C(C)(C)c1cc(-c2ccc(N(c4ccccc4)c4ccccc4)cc2)sc1-3. The van der Waals surface area contributed by atoms with Gasteiger partial charge in [0.2, 0.25) is 0 Å². The maximum atomic E-state index is 11.5. The molecule has 3 aromatic heterocycles. The molecule has 0 atom stereocenters. The van der Waals surface area contributed by atoms with E-state index in [9.17, 15) is 15.2 Å². The van der Waals surface area contributed by atoms with Crippen LogP contribution in [-0.2, 0) is 15.6 Å². The molecule has 4 nitrogen and oxygen atoms in total. The van der Waals surface area contributed by atoms with Gasteiger partial charge in [0.05, 0.1) is 0 Å². The van der Waals surface area contributed by atoms with Crippen molar-refractivity contribution in [3.05, 3.63) is 130 Å². The standard InChI is InChI=1S/C40H30N2O2S3/c1-39(2)29-20-28(19-24(22-41)38(43)44)45-34(29)36-32(39)33-37(47-36)35-30(40(33,3)4)21-31(46-35)23-15-17-27(18-16-23)42(25-11-7-5-8-12-25)26-13-9-6-10-14-26/h5-21H,1-4H3,(H,43,44)/b24-19-. The molecule has 0 aliphatic heterocycles. The van der Waals surface area contributed by atoms with Gasteiger partial charge in [0.25, 0.3) is 0 Å². The zero-order valence-corrected chi connectivity index (χ0v) is 28.7. The predicted molar refractivity (Wildman–Crippen MR) is 197 cm³/mol. The van der Waals surface area contributed by atoms with Crippen molar-refractivity contribution in [2.75, 3.05) is 4.90 Å². The Morgan fingerprint density at radius 2 is 1.21 bits per heavy atom. The lowest BCUT2D eigenvalue weighted by Gasteiger charge is -2.28. The number of nitriles is 1. The molecule has 0 unspecified atom stereocenters. The van der Waals surface area contributed by atoms with Crippen LogP contribution in [-0.4, -0.2) is 11.1 Å². The number of carboxylic acids is 1. The number of para-hydroxylation sites is 2. The summed E-state index contributed by atoms with van der Waals surface area (Å²) in [5.74, 6) is -1.20. The summed E-state index contributed by atoms with van der Waals surface area (Å²) in [6.45, 7) is 9.25. The Balaban J connectivity index is 1.17. The smallest absolute Gasteiger partial charge is 0.346 e. The topological polar surface area (TPSA) is 64.3 Å². The third kappa shape index (κ3) is 4.47. The summed E-state index contributed by atoms with van der Waals surface area (Å²) in [6.07, 6.45) is 1.50. The van der Waals surface area contributed by atoms with Crippen LogP contribution in [0.1, 0.15) is 54.8 Å². The molecule has 0 saturated carbocycles. The van der Waals surface area contributed by atoms with E-state index >= 15 is 0 Å². The molecule has 3 aromatic carbocycles. The van der Waals surface area contributed by atoms with Gasteiger partial charge < -0.3 is 10.0 Å². The van der Waals surface area contributed by atoms with E-state index in [-0.39, 0.29) is 16.4 Å². The van der Waals surface area contributed by atoms with Crippen LogP contribution in [0.25, 0.3) is 36.0 Å². The van der Waals surface area contributed by atoms with Crippen LogP contribution in [0.3, 0.4) is 0 Å². The zero-order valence-electron chi connectivity index (χ0n) is 26.3. The van der Waals surface area contributed by atoms with Crippen molar-refractivity contribution >= 4 is 63.1 Å². The Bertz CT molecular complexity index is 2240. The maximum absolute atomic E-state index is 11.5. The van der Waals surface area contributed by atoms with Crippen molar-refractivity contribution in [3.63, 3.8) is 0 Å². The number of anilines is 3. The summed E-state index contributed by atoms with van der Waals surface area (Å²) in [7, 11) is 0. The van der Waals surface area contributed by atoms with Gasteiger partial charge in [-0.3, -0.25) is 0 Å². The minimum absolute atomic E-state index is 0.147. The first-order chi connectivity index (χ1) is 22.6. The van der Waals surface area contributed by atoms with Crippen molar-refractivity contribution in [3.8, 4) is 36.0 Å². The minimum atomic E-state index is -1.20. The minimum Gasteiger partial charge on any atom is -0.477 e. The van der Waals surface area contributed by atoms with E-state index in [1.165, 1.54) is 58.3 Å². The van der Waals surface area contributed by atoms with Crippen molar-refractivity contribution < 1.29 is 9.90 Å². The second-order valence-corrected chi connectivity index (χ2v) is 16.2. The molecule has 0 fully saturated rings. The Morgan fingerprint density at radius 1 is 0.702 bits per heavy atom. The molecular formula is C40H30N2O2S3. The molecule has 0 spiro atoms. The summed E-state index contributed by atoms with van der Waals surface area (Å²) in [6, 6.07) is 36.1. The van der Waals surface area contributed by atoms with E-state index in [0.717, 1.165) is 21.9 Å². The number of aliphatic carboxylic acids is 1. The van der Waals surface area contributed by atoms with Gasteiger partial charge in [0.1, 0.15) is 11.6 Å². The van der Waals surface area contributed by atoms with Crippen LogP contribution < -0.4 is 4.90 Å². The van der Waals surface area contributed by atoms with Gasteiger partial charge in [-0.1, -0.05) is 76.2 Å². The quantitative estimate of drug-likeness (QED) is 0.142. The summed E-state index contributed by atoms with van der Waals surface area (Å²) in [4.78, 5) is 21.0. The second kappa shape index (κ2) is 10.6. The van der Waals surface area contributed by atoms with Crippen LogP contribution in [0.5, 0.6) is 0 Å². The average Bonchev–Trinajstić information content (AvgIpc) is 3.86. The van der Waals surface area contributed by atoms with E-state index in [0.29, 0.717) is 0 Å². The number of hydrogen-bond acceptors (Lipinski definition) is 6. The number of hydrogen-bond donors (Lipinski definition) is 1. The highest BCUT2D eigenvalue weighted by Gasteiger charge is 2.49. The van der Waals surface area contributed by atoms with Gasteiger partial charge in [0.15, 0.2) is 0 Å². The molecule has 0 radical (unpaired) electrons. The Morgan fingerprint density at radius 3 is 1.74 bits per heavy atom. The van der Waals surface area contributed by atoms with Gasteiger partial charge in [-0.15, -0.1) is 34.0 Å². The first-order valence-electron chi connectivity index (χ1n) is 15.4. The van der Waals surface area contributed by atoms with Crippen molar-refractivity contribution in [1.29, 1.82) is 5.26 Å².